The van der Waals surface area contributed by atoms with Gasteiger partial charge in [0.05, 0.1) is 10.9 Å². The first-order chi connectivity index (χ1) is 9.64. The highest BCUT2D eigenvalue weighted by Gasteiger charge is 2.29. The summed E-state index contributed by atoms with van der Waals surface area (Å²) >= 11 is 1.61. The van der Waals surface area contributed by atoms with Crippen molar-refractivity contribution in [2.75, 3.05) is 0 Å². The molecule has 1 aromatic heterocycles. The zero-order valence-corrected chi connectivity index (χ0v) is 13.1. The van der Waals surface area contributed by atoms with Gasteiger partial charge in [0.2, 0.25) is 0 Å². The number of rotatable bonds is 4. The highest BCUT2D eigenvalue weighted by atomic mass is 32.1. The van der Waals surface area contributed by atoms with Crippen molar-refractivity contribution in [3.63, 3.8) is 0 Å². The van der Waals surface area contributed by atoms with Crippen LogP contribution in [0, 0.1) is 11.3 Å². The van der Waals surface area contributed by atoms with E-state index in [2.05, 4.69) is 11.4 Å². The second-order valence-corrected chi connectivity index (χ2v) is 6.61. The van der Waals surface area contributed by atoms with Gasteiger partial charge in [-0.15, -0.1) is 11.3 Å². The van der Waals surface area contributed by atoms with Gasteiger partial charge in [-0.1, -0.05) is 20.3 Å². The Hall–Kier alpha value is -1.34. The Balaban J connectivity index is 2.16. The average Bonchev–Trinajstić information content (AvgIpc) is 2.76. The van der Waals surface area contributed by atoms with E-state index in [0.29, 0.717) is 12.8 Å². The number of hydrogen-bond acceptors (Lipinski definition) is 3. The Labute approximate surface area is 125 Å². The van der Waals surface area contributed by atoms with Crippen LogP contribution in [-0.4, -0.2) is 11.4 Å². The monoisotopic (exact) mass is 290 g/mol. The van der Waals surface area contributed by atoms with Gasteiger partial charge in [0.15, 0.2) is 0 Å². The van der Waals surface area contributed by atoms with Gasteiger partial charge < -0.3 is 5.32 Å². The average molecular weight is 290 g/mol. The maximum Gasteiger partial charge on any atom is 0.262 e. The summed E-state index contributed by atoms with van der Waals surface area (Å²) in [6.07, 6.45) is 7.18. The third-order valence-electron chi connectivity index (χ3n) is 4.24. The summed E-state index contributed by atoms with van der Waals surface area (Å²) in [4.78, 5) is 14.5. The molecular formula is C16H22N2OS. The molecule has 1 aliphatic rings. The van der Waals surface area contributed by atoms with Crippen LogP contribution < -0.4 is 5.32 Å². The number of hydrogen-bond donors (Lipinski definition) is 1. The van der Waals surface area contributed by atoms with Gasteiger partial charge in [-0.3, -0.25) is 4.79 Å². The van der Waals surface area contributed by atoms with E-state index in [1.807, 2.05) is 19.9 Å². The van der Waals surface area contributed by atoms with E-state index < -0.39 is 5.54 Å². The molecule has 0 saturated heterocycles. The van der Waals surface area contributed by atoms with Gasteiger partial charge in [-0.2, -0.15) is 5.26 Å². The van der Waals surface area contributed by atoms with E-state index in [4.69, 9.17) is 0 Å². The Morgan fingerprint density at radius 3 is 2.70 bits per heavy atom. The van der Waals surface area contributed by atoms with Gasteiger partial charge in [-0.25, -0.2) is 0 Å². The Morgan fingerprint density at radius 2 is 2.05 bits per heavy atom. The topological polar surface area (TPSA) is 52.9 Å². The minimum Gasteiger partial charge on any atom is -0.333 e. The molecule has 108 valence electrons. The van der Waals surface area contributed by atoms with E-state index in [1.54, 1.807) is 11.3 Å². The van der Waals surface area contributed by atoms with Crippen LogP contribution in [0.1, 0.15) is 66.1 Å². The van der Waals surface area contributed by atoms with Gasteiger partial charge in [0.1, 0.15) is 5.54 Å². The molecule has 0 aromatic carbocycles. The molecule has 1 aliphatic carbocycles. The fourth-order valence-corrected chi connectivity index (χ4v) is 3.82. The van der Waals surface area contributed by atoms with E-state index >= 15 is 0 Å². The summed E-state index contributed by atoms with van der Waals surface area (Å²) in [5.74, 6) is -0.0895. The second-order valence-electron chi connectivity index (χ2n) is 5.47. The van der Waals surface area contributed by atoms with Crippen molar-refractivity contribution >= 4 is 17.2 Å². The number of aryl methyl sites for hydroxylation is 2. The lowest BCUT2D eigenvalue weighted by atomic mass is 9.94. The highest BCUT2D eigenvalue weighted by molar-refractivity contribution is 7.14. The third kappa shape index (κ3) is 3.04. The van der Waals surface area contributed by atoms with Crippen LogP contribution >= 0.6 is 11.3 Å². The molecule has 20 heavy (non-hydrogen) atoms. The predicted molar refractivity (Wildman–Crippen MR) is 82.0 cm³/mol. The number of nitriles is 1. The molecule has 1 heterocycles. The van der Waals surface area contributed by atoms with Crippen LogP contribution in [0.4, 0.5) is 0 Å². The predicted octanol–water partition coefficient (Wildman–Crippen LogP) is 3.83. The molecule has 0 aliphatic heterocycles. The Kier molecular flexibility index (Phi) is 4.82. The summed E-state index contributed by atoms with van der Waals surface area (Å²) < 4.78 is 0. The van der Waals surface area contributed by atoms with Crippen LogP contribution in [0.15, 0.2) is 6.07 Å². The zero-order chi connectivity index (χ0) is 14.6. The molecule has 0 unspecified atom stereocenters. The molecule has 2 rings (SSSR count). The van der Waals surface area contributed by atoms with Crippen molar-refractivity contribution in [3.05, 3.63) is 21.4 Å². The zero-order valence-electron chi connectivity index (χ0n) is 12.3. The summed E-state index contributed by atoms with van der Waals surface area (Å²) in [7, 11) is 0. The minimum absolute atomic E-state index is 0.0895. The SMILES string of the molecule is CCC(C#N)(CC)NC(=O)c1cc2c(s1)CCCCC2. The second kappa shape index (κ2) is 6.41. The molecular weight excluding hydrogens is 268 g/mol. The van der Waals surface area contributed by atoms with Crippen LogP contribution in [0.5, 0.6) is 0 Å². The first-order valence-electron chi connectivity index (χ1n) is 7.49. The largest absolute Gasteiger partial charge is 0.333 e. The number of thiophene rings is 1. The number of carbonyl (C=O) groups is 1. The standard InChI is InChI=1S/C16H22N2OS/c1-3-16(4-2,11-17)18-15(19)14-10-12-8-6-5-7-9-13(12)20-14/h10H,3-9H2,1-2H3,(H,18,19). The van der Waals surface area contributed by atoms with Crippen molar-refractivity contribution in [2.24, 2.45) is 0 Å². The lowest BCUT2D eigenvalue weighted by Gasteiger charge is -2.24. The fourth-order valence-electron chi connectivity index (χ4n) is 2.67. The van der Waals surface area contributed by atoms with E-state index in [9.17, 15) is 10.1 Å². The molecule has 3 nitrogen and oxygen atoms in total. The van der Waals surface area contributed by atoms with Crippen LogP contribution in [-0.2, 0) is 12.8 Å². The molecule has 1 amide bonds. The van der Waals surface area contributed by atoms with E-state index in [-0.39, 0.29) is 5.91 Å². The number of carbonyl (C=O) groups excluding carboxylic acids is 1. The minimum atomic E-state index is -0.724. The summed E-state index contributed by atoms with van der Waals surface area (Å²) in [5, 5.41) is 12.2. The first kappa shape index (κ1) is 15.1. The lowest BCUT2D eigenvalue weighted by molar-refractivity contribution is 0.0919. The quantitative estimate of drug-likeness (QED) is 0.857. The molecule has 0 spiro atoms. The molecule has 0 atom stereocenters. The van der Waals surface area contributed by atoms with Crippen molar-refractivity contribution in [1.29, 1.82) is 5.26 Å². The lowest BCUT2D eigenvalue weighted by Crippen LogP contribution is -2.46. The molecule has 0 saturated carbocycles. The number of nitrogens with zero attached hydrogens (tertiary/aromatic N) is 1. The third-order valence-corrected chi connectivity index (χ3v) is 5.48. The van der Waals surface area contributed by atoms with Gasteiger partial charge in [-0.05, 0) is 50.2 Å². The summed E-state index contributed by atoms with van der Waals surface area (Å²) in [6, 6.07) is 4.30. The molecule has 0 fully saturated rings. The number of fused-ring (bicyclic) bond motifs is 1. The Bertz CT molecular complexity index is 500. The van der Waals surface area contributed by atoms with E-state index in [0.717, 1.165) is 17.7 Å². The molecule has 0 bridgehead atoms. The summed E-state index contributed by atoms with van der Waals surface area (Å²) in [6.45, 7) is 3.88. The normalized spacial score (nSPS) is 15.1. The first-order valence-corrected chi connectivity index (χ1v) is 8.31. The highest BCUT2D eigenvalue weighted by Crippen LogP contribution is 2.29. The molecule has 4 heteroatoms. The maximum atomic E-state index is 12.4. The number of nitrogens with one attached hydrogen (secondary N) is 1. The number of amides is 1. The van der Waals surface area contributed by atoms with Crippen LogP contribution in [0.3, 0.4) is 0 Å². The van der Waals surface area contributed by atoms with Crippen LogP contribution in [0.25, 0.3) is 0 Å². The van der Waals surface area contributed by atoms with E-state index in [1.165, 1.54) is 29.7 Å². The molecule has 1 aromatic rings. The van der Waals surface area contributed by atoms with Gasteiger partial charge >= 0.3 is 0 Å². The van der Waals surface area contributed by atoms with Gasteiger partial charge in [0.25, 0.3) is 5.91 Å². The maximum absolute atomic E-state index is 12.4. The Morgan fingerprint density at radius 1 is 1.35 bits per heavy atom. The summed E-state index contributed by atoms with van der Waals surface area (Å²) in [5.41, 5.74) is 0.617. The fraction of sp³-hybridized carbons (Fsp3) is 0.625. The van der Waals surface area contributed by atoms with Crippen molar-refractivity contribution in [1.82, 2.24) is 5.32 Å². The van der Waals surface area contributed by atoms with Crippen molar-refractivity contribution in [3.8, 4) is 6.07 Å². The van der Waals surface area contributed by atoms with Crippen molar-refractivity contribution < 1.29 is 4.79 Å². The van der Waals surface area contributed by atoms with Gasteiger partial charge in [0, 0.05) is 4.88 Å². The smallest absolute Gasteiger partial charge is 0.262 e. The van der Waals surface area contributed by atoms with Crippen molar-refractivity contribution in [2.45, 2.75) is 64.3 Å². The molecule has 0 radical (unpaired) electrons. The van der Waals surface area contributed by atoms with Crippen LogP contribution in [0.2, 0.25) is 0 Å². The molecule has 1 N–H and O–H groups in total.